The Morgan fingerprint density at radius 2 is 2.18 bits per heavy atom. The number of ether oxygens (including phenoxy) is 1. The van der Waals surface area contributed by atoms with Crippen LogP contribution in [0.2, 0.25) is 0 Å². The molecule has 17 heavy (non-hydrogen) atoms. The smallest absolute Gasteiger partial charge is 0.322 e. The standard InChI is InChI=1S/C12H17FN2O2/c1-15(8-7-10(14)12(16)17-2)11-6-4-3-5-9(11)13/h3-6,10H,7-8,14H2,1-2H3. The minimum atomic E-state index is -0.672. The first-order valence-electron chi connectivity index (χ1n) is 5.35. The summed E-state index contributed by atoms with van der Waals surface area (Å²) in [7, 11) is 3.05. The van der Waals surface area contributed by atoms with Gasteiger partial charge in [-0.3, -0.25) is 4.79 Å². The van der Waals surface area contributed by atoms with Gasteiger partial charge in [0.1, 0.15) is 11.9 Å². The molecule has 0 heterocycles. The molecular weight excluding hydrogens is 223 g/mol. The van der Waals surface area contributed by atoms with Crippen LogP contribution >= 0.6 is 0 Å². The number of esters is 1. The Kier molecular flexibility index (Phi) is 4.90. The number of carbonyl (C=O) groups excluding carboxylic acids is 1. The van der Waals surface area contributed by atoms with Crippen molar-refractivity contribution in [2.45, 2.75) is 12.5 Å². The maximum absolute atomic E-state index is 13.4. The first-order chi connectivity index (χ1) is 8.06. The van der Waals surface area contributed by atoms with Crippen LogP contribution in [0.4, 0.5) is 10.1 Å². The van der Waals surface area contributed by atoms with Gasteiger partial charge in [0.15, 0.2) is 0 Å². The molecule has 0 amide bonds. The lowest BCUT2D eigenvalue weighted by Gasteiger charge is -2.21. The van der Waals surface area contributed by atoms with Gasteiger partial charge in [0, 0.05) is 13.6 Å². The highest BCUT2D eigenvalue weighted by Gasteiger charge is 2.15. The van der Waals surface area contributed by atoms with Crippen molar-refractivity contribution in [2.75, 3.05) is 25.6 Å². The van der Waals surface area contributed by atoms with E-state index in [0.29, 0.717) is 18.7 Å². The van der Waals surface area contributed by atoms with Gasteiger partial charge in [0.25, 0.3) is 0 Å². The average molecular weight is 240 g/mol. The lowest BCUT2D eigenvalue weighted by molar-refractivity contribution is -0.142. The van der Waals surface area contributed by atoms with Crippen molar-refractivity contribution in [3.63, 3.8) is 0 Å². The molecule has 0 aliphatic heterocycles. The Labute approximate surface area is 100 Å². The van der Waals surface area contributed by atoms with E-state index in [0.717, 1.165) is 0 Å². The minimum absolute atomic E-state index is 0.290. The normalized spacial score (nSPS) is 12.0. The number of rotatable bonds is 5. The van der Waals surface area contributed by atoms with Crippen molar-refractivity contribution in [3.05, 3.63) is 30.1 Å². The van der Waals surface area contributed by atoms with Gasteiger partial charge >= 0.3 is 5.97 Å². The Hall–Kier alpha value is -1.62. The van der Waals surface area contributed by atoms with Gasteiger partial charge in [-0.05, 0) is 18.6 Å². The number of carbonyl (C=O) groups is 1. The van der Waals surface area contributed by atoms with E-state index in [9.17, 15) is 9.18 Å². The summed E-state index contributed by atoms with van der Waals surface area (Å²) in [5.41, 5.74) is 6.09. The van der Waals surface area contributed by atoms with Crippen molar-refractivity contribution < 1.29 is 13.9 Å². The predicted molar refractivity (Wildman–Crippen MR) is 64.3 cm³/mol. The quantitative estimate of drug-likeness (QED) is 0.784. The zero-order valence-corrected chi connectivity index (χ0v) is 10.0. The zero-order valence-electron chi connectivity index (χ0n) is 10.0. The average Bonchev–Trinajstić information content (AvgIpc) is 2.35. The summed E-state index contributed by atoms with van der Waals surface area (Å²) < 4.78 is 17.9. The van der Waals surface area contributed by atoms with E-state index in [1.165, 1.54) is 13.2 Å². The van der Waals surface area contributed by atoms with Crippen LogP contribution in [0.3, 0.4) is 0 Å². The van der Waals surface area contributed by atoms with E-state index in [-0.39, 0.29) is 5.82 Å². The number of hydrogen-bond donors (Lipinski definition) is 1. The third-order valence-corrected chi connectivity index (χ3v) is 2.54. The molecule has 5 heteroatoms. The Morgan fingerprint density at radius 3 is 2.76 bits per heavy atom. The molecule has 1 aromatic carbocycles. The number of methoxy groups -OCH3 is 1. The molecule has 0 saturated heterocycles. The fourth-order valence-corrected chi connectivity index (χ4v) is 1.48. The number of nitrogens with zero attached hydrogens (tertiary/aromatic N) is 1. The van der Waals surface area contributed by atoms with Crippen LogP contribution in [-0.4, -0.2) is 32.7 Å². The molecular formula is C12H17FN2O2. The number of para-hydroxylation sites is 1. The van der Waals surface area contributed by atoms with E-state index in [1.54, 1.807) is 30.1 Å². The summed E-state index contributed by atoms with van der Waals surface area (Å²) in [6, 6.07) is 5.79. The molecule has 0 bridgehead atoms. The fraction of sp³-hybridized carbons (Fsp3) is 0.417. The van der Waals surface area contributed by atoms with E-state index < -0.39 is 12.0 Å². The lowest BCUT2D eigenvalue weighted by Crippen LogP contribution is -2.35. The van der Waals surface area contributed by atoms with Gasteiger partial charge in [0.05, 0.1) is 12.8 Å². The number of anilines is 1. The lowest BCUT2D eigenvalue weighted by atomic mass is 10.2. The molecule has 1 rings (SSSR count). The van der Waals surface area contributed by atoms with E-state index in [2.05, 4.69) is 4.74 Å². The first kappa shape index (κ1) is 13.4. The molecule has 4 nitrogen and oxygen atoms in total. The summed E-state index contributed by atoms with van der Waals surface area (Å²) in [6.07, 6.45) is 0.414. The van der Waals surface area contributed by atoms with Crippen molar-refractivity contribution in [3.8, 4) is 0 Å². The van der Waals surface area contributed by atoms with Crippen LogP contribution in [0, 0.1) is 5.82 Å². The topological polar surface area (TPSA) is 55.6 Å². The minimum Gasteiger partial charge on any atom is -0.468 e. The van der Waals surface area contributed by atoms with E-state index in [1.807, 2.05) is 0 Å². The van der Waals surface area contributed by atoms with E-state index in [4.69, 9.17) is 5.73 Å². The van der Waals surface area contributed by atoms with Crippen molar-refractivity contribution in [2.24, 2.45) is 5.73 Å². The second kappa shape index (κ2) is 6.20. The summed E-state index contributed by atoms with van der Waals surface area (Å²) in [4.78, 5) is 12.8. The first-order valence-corrected chi connectivity index (χ1v) is 5.35. The van der Waals surface area contributed by atoms with E-state index >= 15 is 0 Å². The summed E-state index contributed by atoms with van der Waals surface area (Å²) >= 11 is 0. The number of benzene rings is 1. The van der Waals surface area contributed by atoms with Crippen molar-refractivity contribution in [1.82, 2.24) is 0 Å². The summed E-state index contributed by atoms with van der Waals surface area (Å²) in [5.74, 6) is -0.742. The molecule has 0 radical (unpaired) electrons. The Morgan fingerprint density at radius 1 is 1.53 bits per heavy atom. The van der Waals surface area contributed by atoms with Gasteiger partial charge in [-0.2, -0.15) is 0 Å². The van der Waals surface area contributed by atoms with Gasteiger partial charge in [-0.15, -0.1) is 0 Å². The summed E-state index contributed by atoms with van der Waals surface area (Å²) in [6.45, 7) is 0.483. The highest BCUT2D eigenvalue weighted by atomic mass is 19.1. The molecule has 1 atom stereocenters. The number of hydrogen-bond acceptors (Lipinski definition) is 4. The largest absolute Gasteiger partial charge is 0.468 e. The third kappa shape index (κ3) is 3.71. The predicted octanol–water partition coefficient (Wildman–Crippen LogP) is 1.15. The summed E-state index contributed by atoms with van der Waals surface area (Å²) in [5, 5.41) is 0. The van der Waals surface area contributed by atoms with Crippen LogP contribution in [0.15, 0.2) is 24.3 Å². The number of nitrogens with two attached hydrogens (primary N) is 1. The molecule has 0 aliphatic carbocycles. The van der Waals surface area contributed by atoms with Gasteiger partial charge in [-0.25, -0.2) is 4.39 Å². The molecule has 0 spiro atoms. The Balaban J connectivity index is 2.53. The van der Waals surface area contributed by atoms with Crippen molar-refractivity contribution >= 4 is 11.7 Å². The molecule has 94 valence electrons. The molecule has 1 unspecified atom stereocenters. The molecule has 0 saturated carbocycles. The van der Waals surface area contributed by atoms with Crippen LogP contribution in [0.1, 0.15) is 6.42 Å². The van der Waals surface area contributed by atoms with Gasteiger partial charge in [-0.1, -0.05) is 12.1 Å². The second-order valence-electron chi connectivity index (χ2n) is 3.79. The van der Waals surface area contributed by atoms with Crippen LogP contribution in [0.5, 0.6) is 0 Å². The van der Waals surface area contributed by atoms with Gasteiger partial charge in [0.2, 0.25) is 0 Å². The van der Waals surface area contributed by atoms with Crippen LogP contribution in [0.25, 0.3) is 0 Å². The highest BCUT2D eigenvalue weighted by Crippen LogP contribution is 2.17. The SMILES string of the molecule is COC(=O)C(N)CCN(C)c1ccccc1F. The molecule has 2 N–H and O–H groups in total. The highest BCUT2D eigenvalue weighted by molar-refractivity contribution is 5.75. The zero-order chi connectivity index (χ0) is 12.8. The van der Waals surface area contributed by atoms with Gasteiger partial charge < -0.3 is 15.4 Å². The second-order valence-corrected chi connectivity index (χ2v) is 3.79. The number of halogens is 1. The molecule has 0 aromatic heterocycles. The molecule has 1 aromatic rings. The monoisotopic (exact) mass is 240 g/mol. The van der Waals surface area contributed by atoms with Crippen molar-refractivity contribution in [1.29, 1.82) is 0 Å². The Bertz CT molecular complexity index is 385. The molecule has 0 aliphatic rings. The van der Waals surface area contributed by atoms with Crippen LogP contribution in [-0.2, 0) is 9.53 Å². The fourth-order valence-electron chi connectivity index (χ4n) is 1.48. The maximum Gasteiger partial charge on any atom is 0.322 e. The maximum atomic E-state index is 13.4. The van der Waals surface area contributed by atoms with Crippen LogP contribution < -0.4 is 10.6 Å². The molecule has 0 fully saturated rings. The third-order valence-electron chi connectivity index (χ3n) is 2.54.